The van der Waals surface area contributed by atoms with Gasteiger partial charge < -0.3 is 9.09 Å². The first-order chi connectivity index (χ1) is 12.6. The van der Waals surface area contributed by atoms with Gasteiger partial charge in [0.1, 0.15) is 0 Å². The summed E-state index contributed by atoms with van der Waals surface area (Å²) in [5, 5.41) is 6.97. The Morgan fingerprint density at radius 2 is 1.55 bits per heavy atom. The molecule has 10 heteroatoms. The minimum atomic E-state index is -4.00. The van der Waals surface area contributed by atoms with Crippen LogP contribution in [-0.2, 0) is 53.4 Å². The van der Waals surface area contributed by atoms with Gasteiger partial charge in [-0.1, -0.05) is 0 Å². The molecule has 7 nitrogen and oxygen atoms in total. The fourth-order valence-corrected chi connectivity index (χ4v) is 4.33. The van der Waals surface area contributed by atoms with Crippen LogP contribution in [0.15, 0.2) is 12.1 Å². The average Bonchev–Trinajstić information content (AvgIpc) is 2.78. The molecule has 159 valence electrons. The third kappa shape index (κ3) is 7.23. The van der Waals surface area contributed by atoms with E-state index in [0.717, 1.165) is 0 Å². The predicted molar refractivity (Wildman–Crippen MR) is 113 cm³/mol. The molecule has 0 aliphatic rings. The van der Waals surface area contributed by atoms with E-state index in [9.17, 15) is 4.57 Å². The second kappa shape index (κ2) is 9.25. The molecule has 1 N–H and O–H groups in total. The van der Waals surface area contributed by atoms with Crippen LogP contribution in [0.1, 0.15) is 52.7 Å². The van der Waals surface area contributed by atoms with Crippen molar-refractivity contribution in [2.24, 2.45) is 7.05 Å². The molecule has 2 rings (SSSR count). The topological polar surface area (TPSA) is 78.4 Å². The number of phosphoric ester groups is 1. The van der Waals surface area contributed by atoms with Crippen molar-refractivity contribution in [1.82, 2.24) is 14.8 Å². The number of aromatic amines is 1. The number of hydrogen-bond donors (Lipinski definition) is 1. The second-order valence-corrected chi connectivity index (χ2v) is 10.3. The SMILES string of the molecule is [CH2-]c1cc(OP(=O)(OC(C)(C)C)OC(C)(C)C)c(-c2n[nH]c(=S)n2C)cc1[CH2-].[Y]. The molecular weight excluding hydrogens is 486 g/mol. The number of nitrogens with one attached hydrogen (secondary N) is 1. The van der Waals surface area contributed by atoms with Crippen LogP contribution < -0.4 is 4.52 Å². The van der Waals surface area contributed by atoms with E-state index in [1.807, 2.05) is 0 Å². The van der Waals surface area contributed by atoms with Crippen molar-refractivity contribution in [2.75, 3.05) is 0 Å². The number of hydrogen-bond acceptors (Lipinski definition) is 6. The quantitative estimate of drug-likeness (QED) is 0.317. The maximum Gasteiger partial charge on any atom is 0.530 e. The summed E-state index contributed by atoms with van der Waals surface area (Å²) in [6, 6.07) is 3.39. The van der Waals surface area contributed by atoms with Crippen molar-refractivity contribution in [3.05, 3.63) is 41.9 Å². The first-order valence-corrected chi connectivity index (χ1v) is 10.6. The van der Waals surface area contributed by atoms with E-state index in [4.69, 9.17) is 25.8 Å². The van der Waals surface area contributed by atoms with Gasteiger partial charge in [0.25, 0.3) is 0 Å². The van der Waals surface area contributed by atoms with Crippen LogP contribution >= 0.6 is 20.0 Å². The maximum absolute atomic E-state index is 13.5. The Labute approximate surface area is 203 Å². The Hall–Kier alpha value is -0.626. The van der Waals surface area contributed by atoms with E-state index in [0.29, 0.717) is 27.3 Å². The third-order valence-corrected chi connectivity index (χ3v) is 5.73. The van der Waals surface area contributed by atoms with Crippen molar-refractivity contribution in [2.45, 2.75) is 52.7 Å². The zero-order valence-corrected chi connectivity index (χ0v) is 22.6. The van der Waals surface area contributed by atoms with E-state index in [2.05, 4.69) is 24.0 Å². The van der Waals surface area contributed by atoms with Gasteiger partial charge in [-0.3, -0.25) is 39.1 Å². The van der Waals surface area contributed by atoms with E-state index < -0.39 is 19.0 Å². The Bertz CT molecular complexity index is 953. The summed E-state index contributed by atoms with van der Waals surface area (Å²) in [5.41, 5.74) is 0.326. The molecule has 0 spiro atoms. The Kier molecular flexibility index (Phi) is 8.42. The van der Waals surface area contributed by atoms with Crippen molar-refractivity contribution in [3.63, 3.8) is 0 Å². The zero-order valence-electron chi connectivity index (χ0n) is 18.0. The molecule has 1 radical (unpaired) electrons. The molecule has 0 amide bonds. The van der Waals surface area contributed by atoms with E-state index in [1.165, 1.54) is 0 Å². The fraction of sp³-hybridized carbons (Fsp3) is 0.474. The molecule has 0 atom stereocenters. The summed E-state index contributed by atoms with van der Waals surface area (Å²) in [6.45, 7) is 18.6. The zero-order chi connectivity index (χ0) is 21.5. The standard InChI is InChI=1S/C19H28N3O4PS.Y/c1-12-10-14(16-20-21-17(28)22(16)9)15(11-13(12)2)24-27(23,25-18(3,4)5)26-19(6,7)8;/h10-11H,1-2H2,3-9H3,(H,21,28);/q-2;. The normalized spacial score (nSPS) is 12.5. The minimum absolute atomic E-state index is 0. The summed E-state index contributed by atoms with van der Waals surface area (Å²) < 4.78 is 33.0. The third-order valence-electron chi connectivity index (χ3n) is 3.40. The molecule has 29 heavy (non-hydrogen) atoms. The second-order valence-electron chi connectivity index (χ2n) is 8.47. The molecule has 0 fully saturated rings. The molecule has 1 heterocycles. The van der Waals surface area contributed by atoms with Crippen LogP contribution in [0.2, 0.25) is 0 Å². The van der Waals surface area contributed by atoms with E-state index >= 15 is 0 Å². The molecule has 2 aromatic rings. The van der Waals surface area contributed by atoms with Crippen molar-refractivity contribution >= 4 is 20.0 Å². The summed E-state index contributed by atoms with van der Waals surface area (Å²) in [5.74, 6) is 0.759. The largest absolute Gasteiger partial charge is 0.530 e. The van der Waals surface area contributed by atoms with Crippen LogP contribution in [-0.4, -0.2) is 26.0 Å². The Morgan fingerprint density at radius 3 is 1.97 bits per heavy atom. The van der Waals surface area contributed by atoms with Crippen molar-refractivity contribution < 1.29 is 50.8 Å². The maximum atomic E-state index is 13.5. The summed E-state index contributed by atoms with van der Waals surface area (Å²) in [6.07, 6.45) is 0. The molecule has 1 aromatic carbocycles. The summed E-state index contributed by atoms with van der Waals surface area (Å²) >= 11 is 5.20. The molecule has 0 unspecified atom stereocenters. The van der Waals surface area contributed by atoms with Gasteiger partial charge >= 0.3 is 7.82 Å². The number of rotatable bonds is 5. The van der Waals surface area contributed by atoms with Crippen molar-refractivity contribution in [1.29, 1.82) is 0 Å². The van der Waals surface area contributed by atoms with Gasteiger partial charge in [-0.25, -0.2) is 10.6 Å². The van der Waals surface area contributed by atoms with Gasteiger partial charge in [0.05, 0.1) is 17.0 Å². The van der Waals surface area contributed by atoms with Gasteiger partial charge in [0, 0.05) is 39.8 Å². The van der Waals surface area contributed by atoms with Crippen LogP contribution in [0.3, 0.4) is 0 Å². The van der Waals surface area contributed by atoms with Crippen LogP contribution in [0.25, 0.3) is 11.4 Å². The predicted octanol–water partition coefficient (Wildman–Crippen LogP) is 5.62. The Balaban J connectivity index is 0.00000420. The number of benzene rings is 1. The van der Waals surface area contributed by atoms with Gasteiger partial charge in [0.15, 0.2) is 10.6 Å². The molecule has 0 saturated carbocycles. The number of H-pyrrole nitrogens is 1. The molecule has 0 saturated heterocycles. The molecular formula is C19H28N3O4PSY-2. The Morgan fingerprint density at radius 1 is 1.07 bits per heavy atom. The molecule has 0 bridgehead atoms. The minimum Gasteiger partial charge on any atom is -0.419 e. The summed E-state index contributed by atoms with van der Waals surface area (Å²) in [4.78, 5) is 0. The average molecular weight is 514 g/mol. The van der Waals surface area contributed by atoms with Gasteiger partial charge in [-0.2, -0.15) is 11.2 Å². The van der Waals surface area contributed by atoms with Crippen molar-refractivity contribution in [3.8, 4) is 17.1 Å². The summed E-state index contributed by atoms with van der Waals surface area (Å²) in [7, 11) is -2.23. The molecule has 0 aliphatic heterocycles. The van der Waals surface area contributed by atoms with E-state index in [1.54, 1.807) is 65.3 Å². The number of nitrogens with zero attached hydrogens (tertiary/aromatic N) is 2. The molecule has 0 aliphatic carbocycles. The number of phosphoric acid groups is 1. The smallest absolute Gasteiger partial charge is 0.419 e. The molecule has 1 aromatic heterocycles. The van der Waals surface area contributed by atoms with Gasteiger partial charge in [0.2, 0.25) is 0 Å². The van der Waals surface area contributed by atoms with Gasteiger partial charge in [-0.05, 0) is 59.3 Å². The number of aromatic nitrogens is 3. The fourth-order valence-electron chi connectivity index (χ4n) is 2.35. The van der Waals surface area contributed by atoms with E-state index in [-0.39, 0.29) is 38.5 Å². The first kappa shape index (κ1) is 26.4. The first-order valence-electron chi connectivity index (χ1n) is 8.75. The monoisotopic (exact) mass is 514 g/mol. The van der Waals surface area contributed by atoms with Crippen LogP contribution in [0.4, 0.5) is 0 Å². The van der Waals surface area contributed by atoms with Crippen LogP contribution in [0.5, 0.6) is 5.75 Å². The van der Waals surface area contributed by atoms with Gasteiger partial charge in [-0.15, -0.1) is 0 Å². The van der Waals surface area contributed by atoms with Crippen LogP contribution in [0, 0.1) is 18.6 Å².